The van der Waals surface area contributed by atoms with Gasteiger partial charge in [0, 0.05) is 5.92 Å². The summed E-state index contributed by atoms with van der Waals surface area (Å²) in [5.74, 6) is -1.08. The van der Waals surface area contributed by atoms with Gasteiger partial charge in [0.25, 0.3) is 0 Å². The van der Waals surface area contributed by atoms with E-state index in [4.69, 9.17) is 10.3 Å². The first-order valence-corrected chi connectivity index (χ1v) is 8.15. The number of aliphatic carboxylic acids is 1. The monoisotopic (exact) mass is 325 g/mol. The summed E-state index contributed by atoms with van der Waals surface area (Å²) in [7, 11) is 0. The number of carboxylic acids is 1. The minimum absolute atomic E-state index is 0.00282. The maximum absolute atomic E-state index is 10.9. The molecule has 2 N–H and O–H groups in total. The quantitative estimate of drug-likeness (QED) is 0.423. The van der Waals surface area contributed by atoms with Gasteiger partial charge in [0.1, 0.15) is 0 Å². The number of benzene rings is 2. The smallest absolute Gasteiger partial charge is 0.304 e. The summed E-state index contributed by atoms with van der Waals surface area (Å²) in [5.41, 5.74) is 4.09. The molecule has 4 heteroatoms. The van der Waals surface area contributed by atoms with Crippen molar-refractivity contribution in [3.8, 4) is 11.1 Å². The predicted molar refractivity (Wildman–Crippen MR) is 95.5 cm³/mol. The SMILES string of the molecule is CC(=NO)C(CCCc1ccc(-c2ccccc2)cc1)CC(=O)O. The summed E-state index contributed by atoms with van der Waals surface area (Å²) < 4.78 is 0. The normalized spacial score (nSPS) is 12.8. The highest BCUT2D eigenvalue weighted by molar-refractivity contribution is 5.87. The average Bonchev–Trinajstić information content (AvgIpc) is 2.61. The van der Waals surface area contributed by atoms with Crippen LogP contribution >= 0.6 is 0 Å². The minimum Gasteiger partial charge on any atom is -0.481 e. The maximum Gasteiger partial charge on any atom is 0.304 e. The van der Waals surface area contributed by atoms with E-state index in [-0.39, 0.29) is 12.3 Å². The van der Waals surface area contributed by atoms with Crippen LogP contribution < -0.4 is 0 Å². The zero-order chi connectivity index (χ0) is 17.4. The predicted octanol–water partition coefficient (Wildman–Crippen LogP) is 4.62. The van der Waals surface area contributed by atoms with E-state index in [2.05, 4.69) is 41.6 Å². The van der Waals surface area contributed by atoms with E-state index >= 15 is 0 Å². The molecule has 126 valence electrons. The molecule has 0 heterocycles. The Kier molecular flexibility index (Phi) is 6.55. The highest BCUT2D eigenvalue weighted by Crippen LogP contribution is 2.21. The molecule has 2 rings (SSSR count). The number of hydrogen-bond donors (Lipinski definition) is 2. The second-order valence-electron chi connectivity index (χ2n) is 5.99. The summed E-state index contributed by atoms with van der Waals surface area (Å²) in [6, 6.07) is 18.7. The zero-order valence-electron chi connectivity index (χ0n) is 13.9. The van der Waals surface area contributed by atoms with Crippen molar-refractivity contribution >= 4 is 11.7 Å². The van der Waals surface area contributed by atoms with Crippen molar-refractivity contribution in [3.63, 3.8) is 0 Å². The van der Waals surface area contributed by atoms with E-state index in [1.54, 1.807) is 6.92 Å². The molecule has 0 saturated carbocycles. The Labute approximate surface area is 142 Å². The van der Waals surface area contributed by atoms with Crippen LogP contribution in [0.25, 0.3) is 11.1 Å². The van der Waals surface area contributed by atoms with Crippen LogP contribution in [0.15, 0.2) is 59.8 Å². The molecule has 0 radical (unpaired) electrons. The van der Waals surface area contributed by atoms with Crippen LogP contribution in [0.1, 0.15) is 31.7 Å². The van der Waals surface area contributed by atoms with Gasteiger partial charge in [-0.05, 0) is 42.9 Å². The molecule has 0 fully saturated rings. The lowest BCUT2D eigenvalue weighted by Gasteiger charge is -2.13. The van der Waals surface area contributed by atoms with Gasteiger partial charge >= 0.3 is 5.97 Å². The molecule has 0 amide bonds. The van der Waals surface area contributed by atoms with Gasteiger partial charge in [0.05, 0.1) is 12.1 Å². The zero-order valence-corrected chi connectivity index (χ0v) is 13.9. The van der Waals surface area contributed by atoms with Crippen LogP contribution in [-0.4, -0.2) is 22.0 Å². The lowest BCUT2D eigenvalue weighted by molar-refractivity contribution is -0.137. The Bertz CT molecular complexity index is 678. The first kappa shape index (κ1) is 17.7. The number of hydrogen-bond acceptors (Lipinski definition) is 3. The van der Waals surface area contributed by atoms with Crippen molar-refractivity contribution in [2.75, 3.05) is 0 Å². The summed E-state index contributed by atoms with van der Waals surface area (Å²) >= 11 is 0. The van der Waals surface area contributed by atoms with E-state index in [1.807, 2.05) is 18.2 Å². The number of carboxylic acid groups (broad SMARTS) is 1. The fourth-order valence-corrected chi connectivity index (χ4v) is 2.80. The van der Waals surface area contributed by atoms with Crippen LogP contribution in [0.5, 0.6) is 0 Å². The molecule has 1 unspecified atom stereocenters. The van der Waals surface area contributed by atoms with Gasteiger partial charge in [-0.1, -0.05) is 59.8 Å². The second kappa shape index (κ2) is 8.87. The molecule has 0 saturated heterocycles. The first-order valence-electron chi connectivity index (χ1n) is 8.15. The minimum atomic E-state index is -0.866. The Morgan fingerprint density at radius 1 is 1.04 bits per heavy atom. The van der Waals surface area contributed by atoms with Gasteiger partial charge < -0.3 is 10.3 Å². The number of carbonyl (C=O) groups is 1. The van der Waals surface area contributed by atoms with Gasteiger partial charge in [-0.15, -0.1) is 0 Å². The van der Waals surface area contributed by atoms with E-state index in [1.165, 1.54) is 16.7 Å². The summed E-state index contributed by atoms with van der Waals surface area (Å²) in [6.45, 7) is 1.67. The van der Waals surface area contributed by atoms with Crippen molar-refractivity contribution < 1.29 is 15.1 Å². The summed E-state index contributed by atoms with van der Waals surface area (Å²) in [6.07, 6.45) is 2.44. The van der Waals surface area contributed by atoms with Crippen LogP contribution in [0.2, 0.25) is 0 Å². The number of oxime groups is 1. The van der Waals surface area contributed by atoms with Crippen molar-refractivity contribution in [2.24, 2.45) is 11.1 Å². The molecule has 2 aromatic rings. The third-order valence-corrected chi connectivity index (χ3v) is 4.25. The molecule has 0 bridgehead atoms. The average molecular weight is 325 g/mol. The van der Waals surface area contributed by atoms with Gasteiger partial charge in [-0.25, -0.2) is 0 Å². The Balaban J connectivity index is 1.91. The molecule has 0 aliphatic carbocycles. The molecular weight excluding hydrogens is 302 g/mol. The van der Waals surface area contributed by atoms with E-state index in [0.717, 1.165) is 12.8 Å². The van der Waals surface area contributed by atoms with E-state index in [0.29, 0.717) is 12.1 Å². The maximum atomic E-state index is 10.9. The number of rotatable bonds is 8. The topological polar surface area (TPSA) is 69.9 Å². The Morgan fingerprint density at radius 3 is 2.25 bits per heavy atom. The van der Waals surface area contributed by atoms with Gasteiger partial charge in [0.15, 0.2) is 0 Å². The molecule has 2 aromatic carbocycles. The lowest BCUT2D eigenvalue weighted by atomic mass is 9.92. The molecule has 1 atom stereocenters. The lowest BCUT2D eigenvalue weighted by Crippen LogP contribution is -2.16. The van der Waals surface area contributed by atoms with Crippen molar-refractivity contribution in [1.82, 2.24) is 0 Å². The van der Waals surface area contributed by atoms with Crippen LogP contribution in [0.3, 0.4) is 0 Å². The van der Waals surface area contributed by atoms with Crippen LogP contribution in [0.4, 0.5) is 0 Å². The third kappa shape index (κ3) is 5.23. The molecule has 0 spiro atoms. The molecule has 0 aliphatic rings. The van der Waals surface area contributed by atoms with Crippen LogP contribution in [0, 0.1) is 5.92 Å². The Hall–Kier alpha value is -2.62. The highest BCUT2D eigenvalue weighted by Gasteiger charge is 2.16. The van der Waals surface area contributed by atoms with E-state index < -0.39 is 5.97 Å². The van der Waals surface area contributed by atoms with Crippen molar-refractivity contribution in [1.29, 1.82) is 0 Å². The molecular formula is C20H23NO3. The molecule has 4 nitrogen and oxygen atoms in total. The highest BCUT2D eigenvalue weighted by atomic mass is 16.4. The standard InChI is InChI=1S/C20H23NO3/c1-15(21-24)19(14-20(22)23)9-5-6-16-10-12-18(13-11-16)17-7-3-2-4-8-17/h2-4,7-8,10-13,19,24H,5-6,9,14H2,1H3,(H,22,23). The van der Waals surface area contributed by atoms with Gasteiger partial charge in [-0.3, -0.25) is 4.79 Å². The molecule has 0 aliphatic heterocycles. The summed E-state index contributed by atoms with van der Waals surface area (Å²) in [5, 5.41) is 21.0. The largest absolute Gasteiger partial charge is 0.481 e. The number of nitrogens with zero attached hydrogens (tertiary/aromatic N) is 1. The fourth-order valence-electron chi connectivity index (χ4n) is 2.80. The van der Waals surface area contributed by atoms with E-state index in [9.17, 15) is 4.79 Å². The first-order chi connectivity index (χ1) is 11.6. The summed E-state index contributed by atoms with van der Waals surface area (Å²) in [4.78, 5) is 10.9. The van der Waals surface area contributed by atoms with Crippen LogP contribution in [-0.2, 0) is 11.2 Å². The van der Waals surface area contributed by atoms with Crippen molar-refractivity contribution in [2.45, 2.75) is 32.6 Å². The number of aryl methyl sites for hydroxylation is 1. The molecule has 24 heavy (non-hydrogen) atoms. The fraction of sp³-hybridized carbons (Fsp3) is 0.300. The van der Waals surface area contributed by atoms with Gasteiger partial charge in [-0.2, -0.15) is 0 Å². The van der Waals surface area contributed by atoms with Crippen molar-refractivity contribution in [3.05, 3.63) is 60.2 Å². The molecule has 0 aromatic heterocycles. The Morgan fingerprint density at radius 2 is 1.67 bits per heavy atom. The third-order valence-electron chi connectivity index (χ3n) is 4.25. The van der Waals surface area contributed by atoms with Gasteiger partial charge in [0.2, 0.25) is 0 Å². The second-order valence-corrected chi connectivity index (χ2v) is 5.99.